The van der Waals surface area contributed by atoms with Gasteiger partial charge in [0.25, 0.3) is 5.91 Å². The average Bonchev–Trinajstić information content (AvgIpc) is 3.24. The maximum absolute atomic E-state index is 13.0. The van der Waals surface area contributed by atoms with Crippen molar-refractivity contribution in [3.8, 4) is 0 Å². The molecule has 26 heavy (non-hydrogen) atoms. The van der Waals surface area contributed by atoms with Crippen molar-refractivity contribution >= 4 is 5.91 Å². The second-order valence-electron chi connectivity index (χ2n) is 8.17. The molecule has 0 radical (unpaired) electrons. The number of benzene rings is 1. The van der Waals surface area contributed by atoms with Gasteiger partial charge in [0.2, 0.25) is 0 Å². The summed E-state index contributed by atoms with van der Waals surface area (Å²) in [7, 11) is 0. The summed E-state index contributed by atoms with van der Waals surface area (Å²) in [5.74, 6) is 0.850. The van der Waals surface area contributed by atoms with Gasteiger partial charge in [0.05, 0.1) is 5.56 Å². The Hall–Kier alpha value is -1.52. The van der Waals surface area contributed by atoms with Gasteiger partial charge in [-0.2, -0.15) is 13.2 Å². The van der Waals surface area contributed by atoms with Gasteiger partial charge in [-0.1, -0.05) is 46.0 Å². The molecule has 2 nitrogen and oxygen atoms in total. The van der Waals surface area contributed by atoms with Crippen molar-refractivity contribution in [1.29, 1.82) is 0 Å². The van der Waals surface area contributed by atoms with Crippen molar-refractivity contribution in [1.82, 2.24) is 5.32 Å². The van der Waals surface area contributed by atoms with Gasteiger partial charge in [-0.3, -0.25) is 4.79 Å². The fraction of sp³-hybridized carbons (Fsp3) is 0.667. The number of halogens is 3. The normalized spacial score (nSPS) is 24.4. The molecule has 0 aliphatic heterocycles. The van der Waals surface area contributed by atoms with E-state index in [-0.39, 0.29) is 17.9 Å². The minimum Gasteiger partial charge on any atom is -0.349 e. The minimum atomic E-state index is -4.39. The third-order valence-corrected chi connectivity index (χ3v) is 6.14. The monoisotopic (exact) mass is 367 g/mol. The van der Waals surface area contributed by atoms with E-state index in [2.05, 4.69) is 5.32 Å². The zero-order valence-corrected chi connectivity index (χ0v) is 15.5. The van der Waals surface area contributed by atoms with E-state index in [9.17, 15) is 18.0 Å². The first-order valence-electron chi connectivity index (χ1n) is 9.79. The Morgan fingerprint density at radius 3 is 2.38 bits per heavy atom. The van der Waals surface area contributed by atoms with E-state index in [0.717, 1.165) is 31.4 Å². The predicted octanol–water partition coefficient (Wildman–Crippen LogP) is 5.92. The molecule has 0 bridgehead atoms. The van der Waals surface area contributed by atoms with Crippen LogP contribution >= 0.6 is 0 Å². The van der Waals surface area contributed by atoms with Gasteiger partial charge in [0.1, 0.15) is 0 Å². The molecule has 3 rings (SSSR count). The molecule has 1 aromatic rings. The summed E-state index contributed by atoms with van der Waals surface area (Å²) in [6.07, 6.45) is 3.90. The molecule has 2 aliphatic rings. The van der Waals surface area contributed by atoms with Gasteiger partial charge in [-0.25, -0.2) is 0 Å². The molecule has 1 aromatic carbocycles. The van der Waals surface area contributed by atoms with Gasteiger partial charge in [0, 0.05) is 11.6 Å². The molecule has 0 saturated heterocycles. The highest BCUT2D eigenvalue weighted by atomic mass is 19.4. The molecule has 1 amide bonds. The van der Waals surface area contributed by atoms with E-state index in [4.69, 9.17) is 0 Å². The standard InChI is InChI=1S/C21H28F3NO/c1-13(2)18-12-15(21(22,23)24)10-11-17(18)20(26)25-19-9-5-8-16(19)14-6-3-4-7-14/h10-14,16,19H,3-9H2,1-2H3,(H,25,26)/t16-,19-/m0/s1. The Morgan fingerprint density at radius 1 is 1.08 bits per heavy atom. The number of rotatable bonds is 4. The van der Waals surface area contributed by atoms with E-state index in [0.29, 0.717) is 23.0 Å². The lowest BCUT2D eigenvalue weighted by atomic mass is 9.86. The number of carbonyl (C=O) groups excluding carboxylic acids is 1. The summed E-state index contributed by atoms with van der Waals surface area (Å²) in [5, 5.41) is 3.16. The van der Waals surface area contributed by atoms with E-state index < -0.39 is 11.7 Å². The molecule has 2 atom stereocenters. The average molecular weight is 367 g/mol. The van der Waals surface area contributed by atoms with Gasteiger partial charge in [-0.05, 0) is 54.4 Å². The van der Waals surface area contributed by atoms with E-state index in [1.807, 2.05) is 13.8 Å². The zero-order chi connectivity index (χ0) is 18.9. The molecule has 2 saturated carbocycles. The molecular formula is C21H28F3NO. The molecule has 2 aliphatic carbocycles. The number of amides is 1. The lowest BCUT2D eigenvalue weighted by Gasteiger charge is -2.27. The SMILES string of the molecule is CC(C)c1cc(C(F)(F)F)ccc1C(=O)N[C@H]1CCC[C@H]1C1CCCC1. The predicted molar refractivity (Wildman–Crippen MR) is 96.1 cm³/mol. The van der Waals surface area contributed by atoms with Crippen molar-refractivity contribution < 1.29 is 18.0 Å². The molecular weight excluding hydrogens is 339 g/mol. The van der Waals surface area contributed by atoms with Gasteiger partial charge >= 0.3 is 6.18 Å². The zero-order valence-electron chi connectivity index (χ0n) is 15.5. The van der Waals surface area contributed by atoms with Gasteiger partial charge < -0.3 is 5.32 Å². The van der Waals surface area contributed by atoms with Crippen LogP contribution in [0.3, 0.4) is 0 Å². The van der Waals surface area contributed by atoms with Crippen LogP contribution in [0.15, 0.2) is 18.2 Å². The second kappa shape index (κ2) is 7.61. The molecule has 2 fully saturated rings. The minimum absolute atomic E-state index is 0.146. The molecule has 0 spiro atoms. The Labute approximate surface area is 153 Å². The highest BCUT2D eigenvalue weighted by Gasteiger charge is 2.36. The summed E-state index contributed by atoms with van der Waals surface area (Å²) in [6, 6.07) is 3.65. The number of carbonyl (C=O) groups is 1. The third-order valence-electron chi connectivity index (χ3n) is 6.14. The lowest BCUT2D eigenvalue weighted by molar-refractivity contribution is -0.137. The molecule has 144 valence electrons. The molecule has 0 aromatic heterocycles. The first-order chi connectivity index (χ1) is 12.3. The van der Waals surface area contributed by atoms with Crippen LogP contribution in [0, 0.1) is 11.8 Å². The fourth-order valence-electron chi connectivity index (χ4n) is 4.79. The van der Waals surface area contributed by atoms with Crippen LogP contribution in [0.2, 0.25) is 0 Å². The highest BCUT2D eigenvalue weighted by Crippen LogP contribution is 2.41. The number of nitrogens with one attached hydrogen (secondary N) is 1. The van der Waals surface area contributed by atoms with Crippen LogP contribution < -0.4 is 5.32 Å². The first kappa shape index (κ1) is 19.2. The van der Waals surface area contributed by atoms with Crippen LogP contribution in [0.25, 0.3) is 0 Å². The summed E-state index contributed by atoms with van der Waals surface area (Å²) < 4.78 is 39.0. The molecule has 0 heterocycles. The second-order valence-corrected chi connectivity index (χ2v) is 8.17. The third kappa shape index (κ3) is 4.07. The smallest absolute Gasteiger partial charge is 0.349 e. The number of hydrogen-bond donors (Lipinski definition) is 1. The largest absolute Gasteiger partial charge is 0.416 e. The van der Waals surface area contributed by atoms with Crippen molar-refractivity contribution in [3.63, 3.8) is 0 Å². The molecule has 1 N–H and O–H groups in total. The Balaban J connectivity index is 1.78. The first-order valence-corrected chi connectivity index (χ1v) is 9.79. The fourth-order valence-corrected chi connectivity index (χ4v) is 4.79. The van der Waals surface area contributed by atoms with Crippen molar-refractivity contribution in [3.05, 3.63) is 34.9 Å². The summed E-state index contributed by atoms with van der Waals surface area (Å²) >= 11 is 0. The topological polar surface area (TPSA) is 29.1 Å². The molecule has 0 unspecified atom stereocenters. The van der Waals surface area contributed by atoms with Crippen molar-refractivity contribution in [2.24, 2.45) is 11.8 Å². The van der Waals surface area contributed by atoms with Crippen LogP contribution in [-0.2, 0) is 6.18 Å². The van der Waals surface area contributed by atoms with Gasteiger partial charge in [0.15, 0.2) is 0 Å². The lowest BCUT2D eigenvalue weighted by Crippen LogP contribution is -2.40. The van der Waals surface area contributed by atoms with Crippen molar-refractivity contribution in [2.45, 2.75) is 76.9 Å². The van der Waals surface area contributed by atoms with Crippen molar-refractivity contribution in [2.75, 3.05) is 0 Å². The van der Waals surface area contributed by atoms with E-state index in [1.54, 1.807) is 0 Å². The van der Waals surface area contributed by atoms with Crippen LogP contribution in [0.5, 0.6) is 0 Å². The summed E-state index contributed by atoms with van der Waals surface area (Å²) in [6.45, 7) is 3.65. The Morgan fingerprint density at radius 2 is 1.77 bits per heavy atom. The van der Waals surface area contributed by atoms with Crippen LogP contribution in [0.1, 0.15) is 86.2 Å². The Bertz CT molecular complexity index is 647. The summed E-state index contributed by atoms with van der Waals surface area (Å²) in [4.78, 5) is 12.9. The maximum atomic E-state index is 13.0. The number of hydrogen-bond acceptors (Lipinski definition) is 1. The maximum Gasteiger partial charge on any atom is 0.416 e. The summed E-state index contributed by atoms with van der Waals surface area (Å²) in [5.41, 5.74) is 0.153. The van der Waals surface area contributed by atoms with Crippen LogP contribution in [-0.4, -0.2) is 11.9 Å². The Kier molecular flexibility index (Phi) is 5.64. The van der Waals surface area contributed by atoms with Crippen LogP contribution in [0.4, 0.5) is 13.2 Å². The molecule has 5 heteroatoms. The highest BCUT2D eigenvalue weighted by molar-refractivity contribution is 5.96. The quantitative estimate of drug-likeness (QED) is 0.703. The van der Waals surface area contributed by atoms with E-state index >= 15 is 0 Å². The number of alkyl halides is 3. The van der Waals surface area contributed by atoms with Gasteiger partial charge in [-0.15, -0.1) is 0 Å². The van der Waals surface area contributed by atoms with E-state index in [1.165, 1.54) is 31.7 Å².